The topological polar surface area (TPSA) is 52.6 Å². The van der Waals surface area contributed by atoms with Crippen LogP contribution >= 0.6 is 0 Å². The van der Waals surface area contributed by atoms with Gasteiger partial charge in [0.05, 0.1) is 11.1 Å². The van der Waals surface area contributed by atoms with Crippen molar-refractivity contribution >= 4 is 11.9 Å². The number of carbonyl (C=O) groups is 2. The van der Waals surface area contributed by atoms with Gasteiger partial charge in [0.25, 0.3) is 0 Å². The molecule has 0 bridgehead atoms. The summed E-state index contributed by atoms with van der Waals surface area (Å²) in [6, 6.07) is 33.1. The van der Waals surface area contributed by atoms with Crippen LogP contribution in [0.5, 0.6) is 0 Å². The van der Waals surface area contributed by atoms with Gasteiger partial charge in [0, 0.05) is 0 Å². The fraction of sp³-hybridized carbons (Fsp3) is 0.490. The van der Waals surface area contributed by atoms with E-state index in [1.807, 2.05) is 24.3 Å². The van der Waals surface area contributed by atoms with Crippen molar-refractivity contribution < 1.29 is 19.1 Å². The first-order valence-corrected chi connectivity index (χ1v) is 21.7. The first kappa shape index (κ1) is 40.5. The van der Waals surface area contributed by atoms with E-state index >= 15 is 0 Å². The summed E-state index contributed by atoms with van der Waals surface area (Å²) in [7, 11) is 0. The highest BCUT2D eigenvalue weighted by Crippen LogP contribution is 2.39. The molecule has 0 heterocycles. The molecule has 0 saturated heterocycles. The zero-order valence-corrected chi connectivity index (χ0v) is 33.8. The summed E-state index contributed by atoms with van der Waals surface area (Å²) in [5.74, 6) is 2.32. The molecular weight excluding hydrogens is 677 g/mol. The number of hydrogen-bond donors (Lipinski definition) is 0. The van der Waals surface area contributed by atoms with Crippen LogP contribution in [0.3, 0.4) is 0 Å². The fourth-order valence-electron chi connectivity index (χ4n) is 8.99. The number of unbranched alkanes of at least 4 members (excludes halogenated alkanes) is 4. The molecule has 2 aliphatic rings. The summed E-state index contributed by atoms with van der Waals surface area (Å²) in [6.07, 6.45) is 21.0. The SMILES string of the molecule is CCCCCC1CCC(c2ccc(-c3ccc(C(=O)OCC(C)OC(=O)c4ccc(-c5ccc(C6CCC(CCCCC)CC6)cc5)cc4)cc3)cc2)CC1. The summed E-state index contributed by atoms with van der Waals surface area (Å²) in [5.41, 5.74) is 8.27. The maximum Gasteiger partial charge on any atom is 0.338 e. The Morgan fingerprint density at radius 1 is 0.509 bits per heavy atom. The van der Waals surface area contributed by atoms with Crippen molar-refractivity contribution in [3.8, 4) is 22.3 Å². The van der Waals surface area contributed by atoms with E-state index in [4.69, 9.17) is 9.47 Å². The molecule has 0 N–H and O–H groups in total. The van der Waals surface area contributed by atoms with Gasteiger partial charge in [-0.25, -0.2) is 9.59 Å². The number of ether oxygens (including phenoxy) is 2. The Labute approximate surface area is 331 Å². The average Bonchev–Trinajstić information content (AvgIpc) is 3.24. The average molecular weight is 741 g/mol. The summed E-state index contributed by atoms with van der Waals surface area (Å²) >= 11 is 0. The Hall–Kier alpha value is -4.18. The van der Waals surface area contributed by atoms with Crippen LogP contribution in [-0.4, -0.2) is 24.6 Å². The molecule has 292 valence electrons. The van der Waals surface area contributed by atoms with E-state index in [1.165, 1.54) is 114 Å². The van der Waals surface area contributed by atoms with Crippen LogP contribution in [0.1, 0.15) is 167 Å². The monoisotopic (exact) mass is 740 g/mol. The lowest BCUT2D eigenvalue weighted by atomic mass is 9.77. The van der Waals surface area contributed by atoms with Crippen molar-refractivity contribution in [3.63, 3.8) is 0 Å². The second-order valence-corrected chi connectivity index (χ2v) is 16.6. The molecule has 2 saturated carbocycles. The highest BCUT2D eigenvalue weighted by molar-refractivity contribution is 5.91. The molecule has 0 amide bonds. The number of benzene rings is 4. The van der Waals surface area contributed by atoms with Crippen LogP contribution in [0.25, 0.3) is 22.3 Å². The van der Waals surface area contributed by atoms with Crippen LogP contribution < -0.4 is 0 Å². The first-order chi connectivity index (χ1) is 26.9. The summed E-state index contributed by atoms with van der Waals surface area (Å²) < 4.78 is 11.2. The highest BCUT2D eigenvalue weighted by Gasteiger charge is 2.23. The minimum atomic E-state index is -0.580. The van der Waals surface area contributed by atoms with Gasteiger partial charge in [-0.1, -0.05) is 138 Å². The Kier molecular flexibility index (Phi) is 15.2. The number of hydrogen-bond acceptors (Lipinski definition) is 4. The highest BCUT2D eigenvalue weighted by atomic mass is 16.6. The van der Waals surface area contributed by atoms with Gasteiger partial charge in [-0.05, 0) is 140 Å². The zero-order valence-electron chi connectivity index (χ0n) is 33.8. The van der Waals surface area contributed by atoms with Crippen LogP contribution in [0, 0.1) is 11.8 Å². The molecule has 4 nitrogen and oxygen atoms in total. The van der Waals surface area contributed by atoms with Crippen LogP contribution in [0.2, 0.25) is 0 Å². The van der Waals surface area contributed by atoms with Gasteiger partial charge in [-0.2, -0.15) is 0 Å². The molecule has 6 rings (SSSR count). The third-order valence-corrected chi connectivity index (χ3v) is 12.6. The molecule has 4 aromatic carbocycles. The molecular formula is C51H64O4. The normalized spacial score (nSPS) is 20.4. The van der Waals surface area contributed by atoms with E-state index in [-0.39, 0.29) is 6.61 Å². The lowest BCUT2D eigenvalue weighted by Gasteiger charge is -2.29. The van der Waals surface area contributed by atoms with Gasteiger partial charge in [-0.3, -0.25) is 0 Å². The van der Waals surface area contributed by atoms with E-state index in [0.29, 0.717) is 23.0 Å². The number of carbonyl (C=O) groups excluding carboxylic acids is 2. The molecule has 1 atom stereocenters. The Bertz CT molecular complexity index is 1740. The Morgan fingerprint density at radius 3 is 1.25 bits per heavy atom. The van der Waals surface area contributed by atoms with Crippen LogP contribution in [-0.2, 0) is 9.47 Å². The Morgan fingerprint density at radius 2 is 0.873 bits per heavy atom. The third-order valence-electron chi connectivity index (χ3n) is 12.6. The van der Waals surface area contributed by atoms with Crippen LogP contribution in [0.4, 0.5) is 0 Å². The molecule has 0 radical (unpaired) electrons. The van der Waals surface area contributed by atoms with Gasteiger partial charge >= 0.3 is 11.9 Å². The van der Waals surface area contributed by atoms with Gasteiger partial charge in [0.2, 0.25) is 0 Å². The minimum absolute atomic E-state index is 0.0145. The first-order valence-electron chi connectivity index (χ1n) is 21.7. The smallest absolute Gasteiger partial charge is 0.338 e. The van der Waals surface area contributed by atoms with Gasteiger partial charge in [-0.15, -0.1) is 0 Å². The van der Waals surface area contributed by atoms with Crippen LogP contribution in [0.15, 0.2) is 97.1 Å². The maximum atomic E-state index is 12.9. The maximum absolute atomic E-state index is 12.9. The number of rotatable bonds is 17. The predicted octanol–water partition coefficient (Wildman–Crippen LogP) is 14.1. The zero-order chi connectivity index (χ0) is 38.4. The minimum Gasteiger partial charge on any atom is -0.458 e. The molecule has 2 fully saturated rings. The lowest BCUT2D eigenvalue weighted by molar-refractivity contribution is 0.00448. The van der Waals surface area contributed by atoms with Gasteiger partial charge < -0.3 is 9.47 Å². The number of esters is 2. The lowest BCUT2D eigenvalue weighted by Crippen LogP contribution is -2.22. The fourth-order valence-corrected chi connectivity index (χ4v) is 8.99. The molecule has 55 heavy (non-hydrogen) atoms. The van der Waals surface area contributed by atoms with E-state index < -0.39 is 18.0 Å². The van der Waals surface area contributed by atoms with Crippen molar-refractivity contribution in [3.05, 3.63) is 119 Å². The van der Waals surface area contributed by atoms with Crippen molar-refractivity contribution in [2.75, 3.05) is 6.61 Å². The van der Waals surface area contributed by atoms with E-state index in [1.54, 1.807) is 31.2 Å². The Balaban J connectivity index is 0.914. The second-order valence-electron chi connectivity index (χ2n) is 16.6. The largest absolute Gasteiger partial charge is 0.458 e. The van der Waals surface area contributed by atoms with E-state index in [2.05, 4.69) is 62.4 Å². The van der Waals surface area contributed by atoms with Gasteiger partial charge in [0.15, 0.2) is 0 Å². The summed E-state index contributed by atoms with van der Waals surface area (Å²) in [5, 5.41) is 0. The molecule has 1 unspecified atom stereocenters. The predicted molar refractivity (Wildman–Crippen MR) is 227 cm³/mol. The van der Waals surface area contributed by atoms with Crippen molar-refractivity contribution in [1.82, 2.24) is 0 Å². The molecule has 0 spiro atoms. The molecule has 4 aromatic rings. The van der Waals surface area contributed by atoms with Crippen molar-refractivity contribution in [2.45, 2.75) is 141 Å². The van der Waals surface area contributed by atoms with E-state index in [9.17, 15) is 9.59 Å². The molecule has 0 aromatic heterocycles. The van der Waals surface area contributed by atoms with Crippen molar-refractivity contribution in [2.24, 2.45) is 11.8 Å². The second kappa shape index (κ2) is 20.7. The van der Waals surface area contributed by atoms with Gasteiger partial charge in [0.1, 0.15) is 12.7 Å². The summed E-state index contributed by atoms with van der Waals surface area (Å²) in [4.78, 5) is 25.8. The van der Waals surface area contributed by atoms with Crippen molar-refractivity contribution in [1.29, 1.82) is 0 Å². The summed E-state index contributed by atoms with van der Waals surface area (Å²) in [6.45, 7) is 6.29. The third kappa shape index (κ3) is 11.7. The quantitative estimate of drug-likeness (QED) is 0.0799. The molecule has 2 aliphatic carbocycles. The molecule has 4 heteroatoms. The molecule has 0 aliphatic heterocycles. The van der Waals surface area contributed by atoms with E-state index in [0.717, 1.165) is 34.1 Å². The standard InChI is InChI=1S/C51H64O4/c1-4-6-8-10-38-12-16-40(17-13-38)42-20-24-44(25-21-42)46-28-32-48(33-29-46)50(52)54-36-37(3)55-51(53)49-34-30-47(31-35-49)45-26-22-43(23-27-45)41-18-14-39(15-19-41)11-9-7-5-2/h20-35,37-41H,4-19,36H2,1-3H3.